The number of likely N-dealkylation sites (N-methyl/N-ethyl adjacent to an activating group) is 2. The molecule has 2 nitrogen and oxygen atoms in total. The third-order valence-corrected chi connectivity index (χ3v) is 4.94. The highest BCUT2D eigenvalue weighted by Gasteiger charge is 2.30. The normalized spacial score (nSPS) is 24.3. The fourth-order valence-corrected chi connectivity index (χ4v) is 3.38. The molecule has 1 rings (SSSR count). The summed E-state index contributed by atoms with van der Waals surface area (Å²) < 4.78 is 0. The Bertz CT molecular complexity index is 224. The van der Waals surface area contributed by atoms with Crippen LogP contribution in [0.2, 0.25) is 0 Å². The SMILES string of the molecule is CC(C)CCN(C)C1CCCCC1N(C)CCC(C)C. The summed E-state index contributed by atoms with van der Waals surface area (Å²) in [6.07, 6.45) is 8.29. The molecule has 0 N–H and O–H groups in total. The maximum absolute atomic E-state index is 2.65. The zero-order valence-corrected chi connectivity index (χ0v) is 14.9. The summed E-state index contributed by atoms with van der Waals surface area (Å²) in [6.45, 7) is 11.9. The van der Waals surface area contributed by atoms with E-state index < -0.39 is 0 Å². The van der Waals surface area contributed by atoms with Gasteiger partial charge in [-0.2, -0.15) is 0 Å². The van der Waals surface area contributed by atoms with Crippen molar-refractivity contribution in [3.8, 4) is 0 Å². The first-order chi connectivity index (χ1) is 9.41. The molecular weight excluding hydrogens is 244 g/mol. The van der Waals surface area contributed by atoms with Crippen LogP contribution < -0.4 is 0 Å². The van der Waals surface area contributed by atoms with E-state index in [4.69, 9.17) is 0 Å². The van der Waals surface area contributed by atoms with Gasteiger partial charge in [-0.3, -0.25) is 0 Å². The van der Waals surface area contributed by atoms with Gasteiger partial charge in [0.1, 0.15) is 0 Å². The average Bonchev–Trinajstić information content (AvgIpc) is 2.42. The molecule has 0 spiro atoms. The summed E-state index contributed by atoms with van der Waals surface area (Å²) in [5.74, 6) is 1.64. The molecule has 0 aromatic rings. The molecule has 2 unspecified atom stereocenters. The Hall–Kier alpha value is -0.0800. The van der Waals surface area contributed by atoms with Crippen molar-refractivity contribution in [2.24, 2.45) is 11.8 Å². The van der Waals surface area contributed by atoms with Gasteiger partial charge in [0, 0.05) is 12.1 Å². The second-order valence-corrected chi connectivity index (χ2v) is 7.75. The van der Waals surface area contributed by atoms with Crippen molar-refractivity contribution < 1.29 is 0 Å². The first-order valence-corrected chi connectivity index (χ1v) is 8.82. The molecule has 1 saturated carbocycles. The molecule has 0 aliphatic heterocycles. The third-order valence-electron chi connectivity index (χ3n) is 4.94. The molecule has 2 atom stereocenters. The van der Waals surface area contributed by atoms with Crippen LogP contribution in [0.15, 0.2) is 0 Å². The lowest BCUT2D eigenvalue weighted by atomic mass is 9.88. The number of rotatable bonds is 8. The first kappa shape index (κ1) is 18.0. The minimum atomic E-state index is 0.777. The van der Waals surface area contributed by atoms with Crippen molar-refractivity contribution in [3.63, 3.8) is 0 Å². The van der Waals surface area contributed by atoms with Crippen LogP contribution in [0.4, 0.5) is 0 Å². The van der Waals surface area contributed by atoms with Crippen molar-refractivity contribution in [1.29, 1.82) is 0 Å². The standard InChI is InChI=1S/C18H38N2/c1-15(2)11-13-19(5)17-9-7-8-10-18(17)20(6)14-12-16(3)4/h15-18H,7-14H2,1-6H3. The molecule has 0 saturated heterocycles. The lowest BCUT2D eigenvalue weighted by molar-refractivity contribution is 0.0725. The topological polar surface area (TPSA) is 6.48 Å². The summed E-state index contributed by atoms with van der Waals surface area (Å²) in [6, 6.07) is 1.55. The van der Waals surface area contributed by atoms with Crippen molar-refractivity contribution in [1.82, 2.24) is 9.80 Å². The Morgan fingerprint density at radius 3 is 1.40 bits per heavy atom. The van der Waals surface area contributed by atoms with Crippen LogP contribution >= 0.6 is 0 Å². The molecule has 0 radical (unpaired) electrons. The minimum Gasteiger partial charge on any atom is -0.302 e. The van der Waals surface area contributed by atoms with Gasteiger partial charge in [0.15, 0.2) is 0 Å². The quantitative estimate of drug-likeness (QED) is 0.656. The molecule has 120 valence electrons. The molecule has 2 heteroatoms. The fourth-order valence-electron chi connectivity index (χ4n) is 3.38. The number of hydrogen-bond acceptors (Lipinski definition) is 2. The summed E-state index contributed by atoms with van der Waals surface area (Å²) in [4.78, 5) is 5.30. The maximum atomic E-state index is 2.65. The van der Waals surface area contributed by atoms with Crippen molar-refractivity contribution in [2.45, 2.75) is 78.3 Å². The van der Waals surface area contributed by atoms with Crippen LogP contribution in [0, 0.1) is 11.8 Å². The number of nitrogens with zero attached hydrogens (tertiary/aromatic N) is 2. The fraction of sp³-hybridized carbons (Fsp3) is 1.00. The van der Waals surface area contributed by atoms with E-state index in [9.17, 15) is 0 Å². The predicted molar refractivity (Wildman–Crippen MR) is 90.2 cm³/mol. The highest BCUT2D eigenvalue weighted by atomic mass is 15.2. The Morgan fingerprint density at radius 2 is 1.10 bits per heavy atom. The van der Waals surface area contributed by atoms with E-state index >= 15 is 0 Å². The van der Waals surface area contributed by atoms with Crippen molar-refractivity contribution in [2.75, 3.05) is 27.2 Å². The van der Waals surface area contributed by atoms with Gasteiger partial charge < -0.3 is 9.80 Å². The summed E-state index contributed by atoms with van der Waals surface area (Å²) in [7, 11) is 4.70. The van der Waals surface area contributed by atoms with Crippen molar-refractivity contribution in [3.05, 3.63) is 0 Å². The van der Waals surface area contributed by atoms with Gasteiger partial charge in [-0.05, 0) is 64.7 Å². The summed E-state index contributed by atoms with van der Waals surface area (Å²) in [5, 5.41) is 0. The van der Waals surface area contributed by atoms with Gasteiger partial charge in [0.25, 0.3) is 0 Å². The van der Waals surface area contributed by atoms with E-state index in [1.807, 2.05) is 0 Å². The van der Waals surface area contributed by atoms with E-state index in [2.05, 4.69) is 51.6 Å². The predicted octanol–water partition coefficient (Wildman–Crippen LogP) is 4.25. The molecular formula is C18H38N2. The highest BCUT2D eigenvalue weighted by molar-refractivity contribution is 4.88. The Morgan fingerprint density at radius 1 is 0.750 bits per heavy atom. The first-order valence-electron chi connectivity index (χ1n) is 8.82. The van der Waals surface area contributed by atoms with Gasteiger partial charge in [-0.15, -0.1) is 0 Å². The molecule has 1 aliphatic rings. The average molecular weight is 283 g/mol. The largest absolute Gasteiger partial charge is 0.302 e. The van der Waals surface area contributed by atoms with Crippen molar-refractivity contribution >= 4 is 0 Å². The van der Waals surface area contributed by atoms with E-state index in [1.54, 1.807) is 0 Å². The van der Waals surface area contributed by atoms with Crippen LogP contribution in [0.5, 0.6) is 0 Å². The molecule has 0 amide bonds. The van der Waals surface area contributed by atoms with E-state index in [0.717, 1.165) is 23.9 Å². The smallest absolute Gasteiger partial charge is 0.0248 e. The molecule has 0 aromatic heterocycles. The van der Waals surface area contributed by atoms with Gasteiger partial charge in [-0.25, -0.2) is 0 Å². The molecule has 0 heterocycles. The second-order valence-electron chi connectivity index (χ2n) is 7.75. The van der Waals surface area contributed by atoms with Crippen LogP contribution in [0.3, 0.4) is 0 Å². The molecule has 0 bridgehead atoms. The highest BCUT2D eigenvalue weighted by Crippen LogP contribution is 2.26. The Labute approximate surface area is 127 Å². The molecule has 20 heavy (non-hydrogen) atoms. The molecule has 0 aromatic carbocycles. The Kier molecular flexibility index (Phi) is 8.13. The maximum Gasteiger partial charge on any atom is 0.0248 e. The zero-order valence-electron chi connectivity index (χ0n) is 14.9. The van der Waals surface area contributed by atoms with Gasteiger partial charge >= 0.3 is 0 Å². The molecule has 1 fully saturated rings. The lowest BCUT2D eigenvalue weighted by Crippen LogP contribution is -2.51. The van der Waals surface area contributed by atoms with Crippen LogP contribution in [-0.2, 0) is 0 Å². The van der Waals surface area contributed by atoms with E-state index in [-0.39, 0.29) is 0 Å². The summed E-state index contributed by atoms with van der Waals surface area (Å²) >= 11 is 0. The van der Waals surface area contributed by atoms with Crippen LogP contribution in [0.1, 0.15) is 66.2 Å². The van der Waals surface area contributed by atoms with Crippen LogP contribution in [-0.4, -0.2) is 49.1 Å². The Balaban J connectivity index is 2.51. The second kappa shape index (κ2) is 9.04. The van der Waals surface area contributed by atoms with Gasteiger partial charge in [-0.1, -0.05) is 40.5 Å². The number of hydrogen-bond donors (Lipinski definition) is 0. The minimum absolute atomic E-state index is 0.777. The molecule has 1 aliphatic carbocycles. The van der Waals surface area contributed by atoms with Crippen LogP contribution in [0.25, 0.3) is 0 Å². The third kappa shape index (κ3) is 6.13. The lowest BCUT2D eigenvalue weighted by Gasteiger charge is -2.43. The zero-order chi connectivity index (χ0) is 15.1. The van der Waals surface area contributed by atoms with E-state index in [0.29, 0.717) is 0 Å². The van der Waals surface area contributed by atoms with Gasteiger partial charge in [0.05, 0.1) is 0 Å². The monoisotopic (exact) mass is 282 g/mol. The van der Waals surface area contributed by atoms with Gasteiger partial charge in [0.2, 0.25) is 0 Å². The summed E-state index contributed by atoms with van der Waals surface area (Å²) in [5.41, 5.74) is 0. The van der Waals surface area contributed by atoms with E-state index in [1.165, 1.54) is 51.6 Å².